The van der Waals surface area contributed by atoms with Crippen LogP contribution in [-0.4, -0.2) is 36.1 Å². The number of aromatic nitrogens is 1. The smallest absolute Gasteiger partial charge is 0.0743 e. The van der Waals surface area contributed by atoms with Crippen LogP contribution < -0.4 is 11.1 Å². The molecule has 0 saturated heterocycles. The van der Waals surface area contributed by atoms with Gasteiger partial charge in [-0.2, -0.15) is 0 Å². The van der Waals surface area contributed by atoms with Crippen molar-refractivity contribution in [3.63, 3.8) is 0 Å². The van der Waals surface area contributed by atoms with Gasteiger partial charge in [-0.15, -0.1) is 0 Å². The summed E-state index contributed by atoms with van der Waals surface area (Å²) in [5.41, 5.74) is 8.68. The molecule has 0 aliphatic rings. The summed E-state index contributed by atoms with van der Waals surface area (Å²) in [6, 6.07) is 6.02. The van der Waals surface area contributed by atoms with Crippen LogP contribution in [-0.2, 0) is 0 Å². The molecule has 4 nitrogen and oxygen atoms in total. The molecule has 0 aliphatic heterocycles. The number of benzene rings is 1. The Labute approximate surface area is 128 Å². The van der Waals surface area contributed by atoms with Crippen molar-refractivity contribution >= 4 is 38.2 Å². The predicted octanol–water partition coefficient (Wildman–Crippen LogP) is 3.33. The first-order chi connectivity index (χ1) is 9.31. The molecule has 0 saturated carbocycles. The second-order valence-electron chi connectivity index (χ2n) is 5.81. The van der Waals surface area contributed by atoms with Gasteiger partial charge in [-0.05, 0) is 46.1 Å². The van der Waals surface area contributed by atoms with Crippen molar-refractivity contribution in [1.82, 2.24) is 9.88 Å². The van der Waals surface area contributed by atoms with Gasteiger partial charge in [0.15, 0.2) is 0 Å². The minimum Gasteiger partial charge on any atom is -0.396 e. The molecular weight excluding hydrogens is 316 g/mol. The van der Waals surface area contributed by atoms with Gasteiger partial charge in [-0.3, -0.25) is 4.98 Å². The van der Waals surface area contributed by atoms with Crippen LogP contribution in [0.15, 0.2) is 28.9 Å². The summed E-state index contributed by atoms with van der Waals surface area (Å²) in [5, 5.41) is 4.51. The molecule has 0 bridgehead atoms. The fourth-order valence-corrected chi connectivity index (χ4v) is 2.20. The number of nitrogen functional groups attached to an aromatic ring is 1. The van der Waals surface area contributed by atoms with Crippen LogP contribution in [0, 0.1) is 0 Å². The fourth-order valence-electron chi connectivity index (χ4n) is 1.84. The first-order valence-corrected chi connectivity index (χ1v) is 7.35. The van der Waals surface area contributed by atoms with Crippen molar-refractivity contribution in [2.24, 2.45) is 0 Å². The van der Waals surface area contributed by atoms with Crippen LogP contribution in [0.4, 0.5) is 11.4 Å². The van der Waals surface area contributed by atoms with Gasteiger partial charge in [0.1, 0.15) is 0 Å². The van der Waals surface area contributed by atoms with E-state index in [0.717, 1.165) is 27.6 Å². The third-order valence-electron chi connectivity index (χ3n) is 3.77. The van der Waals surface area contributed by atoms with Gasteiger partial charge in [0.25, 0.3) is 0 Å². The van der Waals surface area contributed by atoms with Crippen molar-refractivity contribution in [3.8, 4) is 0 Å². The highest BCUT2D eigenvalue weighted by molar-refractivity contribution is 9.10. The Kier molecular flexibility index (Phi) is 4.20. The van der Waals surface area contributed by atoms with Crippen molar-refractivity contribution in [3.05, 3.63) is 28.9 Å². The van der Waals surface area contributed by atoms with Crippen LogP contribution in [0.1, 0.15) is 13.8 Å². The van der Waals surface area contributed by atoms with Crippen LogP contribution >= 0.6 is 15.9 Å². The van der Waals surface area contributed by atoms with Crippen LogP contribution in [0.5, 0.6) is 0 Å². The average Bonchev–Trinajstić information content (AvgIpc) is 2.37. The van der Waals surface area contributed by atoms with E-state index in [1.165, 1.54) is 0 Å². The highest BCUT2D eigenvalue weighted by Crippen LogP contribution is 2.30. The first-order valence-electron chi connectivity index (χ1n) is 6.56. The molecule has 3 N–H and O–H groups in total. The zero-order valence-corrected chi connectivity index (χ0v) is 14.0. The topological polar surface area (TPSA) is 54.2 Å². The maximum atomic E-state index is 6.09. The van der Waals surface area contributed by atoms with Crippen LogP contribution in [0.25, 0.3) is 10.9 Å². The lowest BCUT2D eigenvalue weighted by molar-refractivity contribution is 0.210. The first kappa shape index (κ1) is 15.1. The van der Waals surface area contributed by atoms with E-state index in [1.54, 1.807) is 6.20 Å². The summed E-state index contributed by atoms with van der Waals surface area (Å²) in [7, 11) is 4.15. The molecule has 0 amide bonds. The Morgan fingerprint density at radius 2 is 2.05 bits per heavy atom. The van der Waals surface area contributed by atoms with Gasteiger partial charge in [0, 0.05) is 21.9 Å². The van der Waals surface area contributed by atoms with E-state index in [-0.39, 0.29) is 5.54 Å². The Balaban J connectivity index is 2.38. The van der Waals surface area contributed by atoms with Crippen molar-refractivity contribution < 1.29 is 0 Å². The van der Waals surface area contributed by atoms with Gasteiger partial charge >= 0.3 is 0 Å². The SMILES string of the molecule is CN(C)C(C)(C)CNc1c(N)cnc2ccc(Br)cc12. The van der Waals surface area contributed by atoms with E-state index in [9.17, 15) is 0 Å². The van der Waals surface area contributed by atoms with E-state index in [1.807, 2.05) is 18.2 Å². The number of hydrogen-bond acceptors (Lipinski definition) is 4. The normalized spacial score (nSPS) is 12.1. The van der Waals surface area contributed by atoms with E-state index < -0.39 is 0 Å². The molecule has 2 aromatic rings. The molecule has 0 unspecified atom stereocenters. The third kappa shape index (κ3) is 3.04. The third-order valence-corrected chi connectivity index (χ3v) is 4.26. The van der Waals surface area contributed by atoms with Crippen LogP contribution in [0.3, 0.4) is 0 Å². The number of anilines is 2. The number of likely N-dealkylation sites (N-methyl/N-ethyl adjacent to an activating group) is 1. The summed E-state index contributed by atoms with van der Waals surface area (Å²) in [6.07, 6.45) is 1.71. The number of nitrogens with zero attached hydrogens (tertiary/aromatic N) is 2. The monoisotopic (exact) mass is 336 g/mol. The predicted molar refractivity (Wildman–Crippen MR) is 90.1 cm³/mol. The van der Waals surface area contributed by atoms with Crippen molar-refractivity contribution in [2.45, 2.75) is 19.4 Å². The quantitative estimate of drug-likeness (QED) is 0.899. The Morgan fingerprint density at radius 1 is 1.35 bits per heavy atom. The minimum atomic E-state index is 0.0358. The van der Waals surface area contributed by atoms with Gasteiger partial charge in [0.05, 0.1) is 23.1 Å². The molecule has 0 fully saturated rings. The molecule has 1 aromatic carbocycles. The zero-order chi connectivity index (χ0) is 14.9. The van der Waals surface area contributed by atoms with Gasteiger partial charge in [0.2, 0.25) is 0 Å². The summed E-state index contributed by atoms with van der Waals surface area (Å²) < 4.78 is 1.02. The summed E-state index contributed by atoms with van der Waals surface area (Å²) >= 11 is 3.50. The second kappa shape index (κ2) is 5.58. The fraction of sp³-hybridized carbons (Fsp3) is 0.400. The highest BCUT2D eigenvalue weighted by atomic mass is 79.9. The number of pyridine rings is 1. The van der Waals surface area contributed by atoms with Crippen molar-refractivity contribution in [1.29, 1.82) is 0 Å². The number of nitrogens with one attached hydrogen (secondary N) is 1. The van der Waals surface area contributed by atoms with Gasteiger partial charge in [-0.25, -0.2) is 0 Å². The minimum absolute atomic E-state index is 0.0358. The molecule has 20 heavy (non-hydrogen) atoms. The molecule has 1 heterocycles. The lowest BCUT2D eigenvalue weighted by Gasteiger charge is -2.33. The average molecular weight is 337 g/mol. The molecule has 0 spiro atoms. The molecule has 0 radical (unpaired) electrons. The summed E-state index contributed by atoms with van der Waals surface area (Å²) in [5.74, 6) is 0. The molecule has 2 rings (SSSR count). The molecule has 0 aliphatic carbocycles. The largest absolute Gasteiger partial charge is 0.396 e. The Bertz CT molecular complexity index is 617. The second-order valence-corrected chi connectivity index (χ2v) is 6.73. The number of hydrogen-bond donors (Lipinski definition) is 2. The maximum absolute atomic E-state index is 6.09. The van der Waals surface area contributed by atoms with Gasteiger partial charge in [-0.1, -0.05) is 15.9 Å². The molecule has 5 heteroatoms. The number of nitrogens with two attached hydrogens (primary N) is 1. The number of halogens is 1. The lowest BCUT2D eigenvalue weighted by atomic mass is 10.0. The maximum Gasteiger partial charge on any atom is 0.0743 e. The lowest BCUT2D eigenvalue weighted by Crippen LogP contribution is -2.44. The van der Waals surface area contributed by atoms with Crippen molar-refractivity contribution in [2.75, 3.05) is 31.7 Å². The molecule has 0 atom stereocenters. The molecule has 1 aromatic heterocycles. The Morgan fingerprint density at radius 3 is 2.70 bits per heavy atom. The zero-order valence-electron chi connectivity index (χ0n) is 12.4. The van der Waals surface area contributed by atoms with E-state index in [2.05, 4.69) is 59.1 Å². The van der Waals surface area contributed by atoms with E-state index >= 15 is 0 Å². The highest BCUT2D eigenvalue weighted by Gasteiger charge is 2.20. The summed E-state index contributed by atoms with van der Waals surface area (Å²) in [4.78, 5) is 6.56. The van der Waals surface area contributed by atoms with E-state index in [4.69, 9.17) is 5.73 Å². The van der Waals surface area contributed by atoms with E-state index in [0.29, 0.717) is 5.69 Å². The van der Waals surface area contributed by atoms with Gasteiger partial charge < -0.3 is 16.0 Å². The van der Waals surface area contributed by atoms with Crippen LogP contribution in [0.2, 0.25) is 0 Å². The number of fused-ring (bicyclic) bond motifs is 1. The summed E-state index contributed by atoms with van der Waals surface area (Å²) in [6.45, 7) is 5.18. The molecule has 108 valence electrons. The standard InChI is InChI=1S/C15H21BrN4/c1-15(2,20(3)4)9-19-14-11-7-10(16)5-6-13(11)18-8-12(14)17/h5-8H,9,17H2,1-4H3,(H,18,19). The molecular formula is C15H21BrN4. The number of rotatable bonds is 4. The Hall–Kier alpha value is -1.33.